The van der Waals surface area contributed by atoms with Gasteiger partial charge in [0.15, 0.2) is 13.6 Å². The molecule has 0 aliphatic carbocycles. The molecule has 0 unspecified atom stereocenters. The summed E-state index contributed by atoms with van der Waals surface area (Å²) in [5.74, 6) is -3.85. The molecule has 0 aromatic heterocycles. The Morgan fingerprint density at radius 2 is 1.15 bits per heavy atom. The molecule has 0 saturated heterocycles. The van der Waals surface area contributed by atoms with E-state index in [0.29, 0.717) is 0 Å². The summed E-state index contributed by atoms with van der Waals surface area (Å²) < 4.78 is 21.6. The molecule has 20 heavy (non-hydrogen) atoms. The van der Waals surface area contributed by atoms with Crippen LogP contribution in [-0.2, 0) is 42.9 Å². The zero-order valence-corrected chi connectivity index (χ0v) is 10.7. The Morgan fingerprint density at radius 1 is 0.750 bits per heavy atom. The molecule has 0 fully saturated rings. The largest absolute Gasteiger partial charge is 0.438 e. The number of aliphatic hydroxyl groups excluding tert-OH is 1. The number of carbonyl (C=O) groups excluding carboxylic acids is 4. The lowest BCUT2D eigenvalue weighted by Crippen LogP contribution is -2.19. The average molecular weight is 294 g/mol. The third-order valence-corrected chi connectivity index (χ3v) is 1.58. The van der Waals surface area contributed by atoms with E-state index in [1.54, 1.807) is 0 Å². The van der Waals surface area contributed by atoms with Gasteiger partial charge in [-0.15, -0.1) is 0 Å². The Bertz CT molecular complexity index is 350. The van der Waals surface area contributed by atoms with E-state index in [1.807, 2.05) is 0 Å². The summed E-state index contributed by atoms with van der Waals surface area (Å²) in [7, 11) is 1.30. The van der Waals surface area contributed by atoms with Gasteiger partial charge in [0.2, 0.25) is 6.79 Å². The van der Waals surface area contributed by atoms with Crippen LogP contribution in [-0.4, -0.2) is 56.5 Å². The normalized spacial score (nSPS) is 9.50. The minimum atomic E-state index is -1.02. The summed E-state index contributed by atoms with van der Waals surface area (Å²) in [4.78, 5) is 43.7. The van der Waals surface area contributed by atoms with Gasteiger partial charge < -0.3 is 28.8 Å². The van der Waals surface area contributed by atoms with Gasteiger partial charge in [-0.05, 0) is 0 Å². The Morgan fingerprint density at radius 3 is 1.55 bits per heavy atom. The predicted molar refractivity (Wildman–Crippen MR) is 57.4 cm³/mol. The van der Waals surface area contributed by atoms with Crippen LogP contribution in [0.15, 0.2) is 0 Å². The van der Waals surface area contributed by atoms with Gasteiger partial charge in [-0.3, -0.25) is 19.2 Å². The lowest BCUT2D eigenvalue weighted by atomic mass is 10.4. The van der Waals surface area contributed by atoms with Gasteiger partial charge in [-0.2, -0.15) is 0 Å². The van der Waals surface area contributed by atoms with Crippen molar-refractivity contribution in [3.8, 4) is 0 Å². The molecule has 0 saturated carbocycles. The summed E-state index contributed by atoms with van der Waals surface area (Å²) in [5, 5.41) is 8.23. The number of ether oxygens (including phenoxy) is 5. The first-order valence-corrected chi connectivity index (χ1v) is 5.22. The van der Waals surface area contributed by atoms with E-state index in [1.165, 1.54) is 7.11 Å². The summed E-state index contributed by atoms with van der Waals surface area (Å²) >= 11 is 0. The third kappa shape index (κ3) is 9.79. The molecular weight excluding hydrogens is 280 g/mol. The standard InChI is InChI=1S/C10H14O10/c1-16-5-18-8(13)3-10(15)20-6-19-9(14)2-7(12)17-4-11/h11H,2-6H2,1H3. The molecule has 0 atom stereocenters. The van der Waals surface area contributed by atoms with E-state index in [2.05, 4.69) is 23.7 Å². The molecule has 0 aliphatic rings. The number of rotatable bonds is 9. The summed E-state index contributed by atoms with van der Waals surface area (Å²) in [6.45, 7) is -1.92. The molecule has 10 nitrogen and oxygen atoms in total. The van der Waals surface area contributed by atoms with Crippen molar-refractivity contribution < 1.29 is 48.0 Å². The zero-order chi connectivity index (χ0) is 15.4. The van der Waals surface area contributed by atoms with Crippen LogP contribution in [0.2, 0.25) is 0 Å². The van der Waals surface area contributed by atoms with Crippen LogP contribution >= 0.6 is 0 Å². The quantitative estimate of drug-likeness (QED) is 0.230. The highest BCUT2D eigenvalue weighted by atomic mass is 16.7. The van der Waals surface area contributed by atoms with Crippen molar-refractivity contribution in [2.24, 2.45) is 0 Å². The molecule has 0 rings (SSSR count). The number of hydrogen-bond donors (Lipinski definition) is 1. The van der Waals surface area contributed by atoms with Gasteiger partial charge in [0.25, 0.3) is 0 Å². The first-order valence-electron chi connectivity index (χ1n) is 5.22. The molecule has 0 bridgehead atoms. The highest BCUT2D eigenvalue weighted by Gasteiger charge is 2.15. The minimum Gasteiger partial charge on any atom is -0.438 e. The second-order valence-electron chi connectivity index (χ2n) is 3.07. The highest BCUT2D eigenvalue weighted by Crippen LogP contribution is 1.94. The topological polar surface area (TPSA) is 135 Å². The lowest BCUT2D eigenvalue weighted by molar-refractivity contribution is -0.172. The van der Waals surface area contributed by atoms with Crippen molar-refractivity contribution in [1.29, 1.82) is 0 Å². The van der Waals surface area contributed by atoms with Gasteiger partial charge in [-0.1, -0.05) is 0 Å². The van der Waals surface area contributed by atoms with E-state index < -0.39 is 50.3 Å². The molecule has 0 aromatic carbocycles. The second kappa shape index (κ2) is 10.7. The van der Waals surface area contributed by atoms with Crippen LogP contribution in [0.4, 0.5) is 0 Å². The predicted octanol–water partition coefficient (Wildman–Crippen LogP) is -1.55. The maximum absolute atomic E-state index is 11.0. The number of hydrogen-bond acceptors (Lipinski definition) is 10. The third-order valence-electron chi connectivity index (χ3n) is 1.58. The number of esters is 4. The smallest absolute Gasteiger partial charge is 0.320 e. The summed E-state index contributed by atoms with van der Waals surface area (Å²) in [6.07, 6.45) is -1.42. The van der Waals surface area contributed by atoms with Crippen molar-refractivity contribution in [3.63, 3.8) is 0 Å². The van der Waals surface area contributed by atoms with Gasteiger partial charge in [0.1, 0.15) is 12.8 Å². The van der Waals surface area contributed by atoms with E-state index >= 15 is 0 Å². The molecule has 1 N–H and O–H groups in total. The van der Waals surface area contributed by atoms with Crippen molar-refractivity contribution in [2.75, 3.05) is 27.5 Å². The highest BCUT2D eigenvalue weighted by molar-refractivity contribution is 5.92. The SMILES string of the molecule is COCOC(=O)CC(=O)OCOC(=O)CC(=O)OCO. The van der Waals surface area contributed by atoms with Crippen molar-refractivity contribution in [2.45, 2.75) is 12.8 Å². The first kappa shape index (κ1) is 17.8. The second-order valence-corrected chi connectivity index (χ2v) is 3.07. The molecule has 0 aromatic rings. The van der Waals surface area contributed by atoms with Gasteiger partial charge in [0.05, 0.1) is 0 Å². The minimum absolute atomic E-state index is 0.298. The van der Waals surface area contributed by atoms with E-state index in [9.17, 15) is 19.2 Å². The van der Waals surface area contributed by atoms with Crippen LogP contribution in [0.5, 0.6) is 0 Å². The van der Waals surface area contributed by atoms with Crippen LogP contribution in [0.1, 0.15) is 12.8 Å². The Kier molecular flexibility index (Phi) is 9.52. The fourth-order valence-corrected chi connectivity index (χ4v) is 0.797. The van der Waals surface area contributed by atoms with Gasteiger partial charge in [-0.25, -0.2) is 0 Å². The summed E-state index contributed by atoms with van der Waals surface area (Å²) in [5.41, 5.74) is 0. The molecule has 10 heteroatoms. The van der Waals surface area contributed by atoms with E-state index in [4.69, 9.17) is 5.11 Å². The molecule has 0 heterocycles. The maximum Gasteiger partial charge on any atom is 0.320 e. The van der Waals surface area contributed by atoms with Crippen molar-refractivity contribution >= 4 is 23.9 Å². The molecule has 0 radical (unpaired) electrons. The maximum atomic E-state index is 11.0. The monoisotopic (exact) mass is 294 g/mol. The molecule has 0 aliphatic heterocycles. The van der Waals surface area contributed by atoms with Crippen LogP contribution < -0.4 is 0 Å². The lowest BCUT2D eigenvalue weighted by Gasteiger charge is -2.06. The van der Waals surface area contributed by atoms with Gasteiger partial charge >= 0.3 is 23.9 Å². The van der Waals surface area contributed by atoms with Crippen molar-refractivity contribution in [3.05, 3.63) is 0 Å². The van der Waals surface area contributed by atoms with Gasteiger partial charge in [0, 0.05) is 7.11 Å². The van der Waals surface area contributed by atoms with Crippen LogP contribution in [0.25, 0.3) is 0 Å². The Labute approximate surface area is 113 Å². The number of methoxy groups -OCH3 is 1. The fraction of sp³-hybridized carbons (Fsp3) is 0.600. The zero-order valence-electron chi connectivity index (χ0n) is 10.7. The molecular formula is C10H14O10. The van der Waals surface area contributed by atoms with E-state index in [-0.39, 0.29) is 6.79 Å². The Hall–Kier alpha value is -2.20. The molecule has 0 spiro atoms. The molecule has 0 amide bonds. The average Bonchev–Trinajstić information content (AvgIpc) is 2.36. The van der Waals surface area contributed by atoms with E-state index in [0.717, 1.165) is 0 Å². The first-order chi connectivity index (χ1) is 9.49. The van der Waals surface area contributed by atoms with Crippen LogP contribution in [0, 0.1) is 0 Å². The Balaban J connectivity index is 3.72. The fourth-order valence-electron chi connectivity index (χ4n) is 0.797. The summed E-state index contributed by atoms with van der Waals surface area (Å²) in [6, 6.07) is 0. The molecule has 114 valence electrons. The number of aliphatic hydroxyl groups is 1. The number of carbonyl (C=O) groups is 4. The van der Waals surface area contributed by atoms with Crippen molar-refractivity contribution in [1.82, 2.24) is 0 Å². The van der Waals surface area contributed by atoms with Crippen LogP contribution in [0.3, 0.4) is 0 Å².